The standard InChI is InChI=1S/C17H20N4O4S/c1-11-4-7-14(8-5-11)15(18-13(3)22)10-16(23)21-26(24,25)17-9-6-12(2)19-20-17/h4-9,15H,10H2,1-3H3,(H,18,22)(H,21,23). The van der Waals surface area contributed by atoms with Gasteiger partial charge in [0.25, 0.3) is 10.0 Å². The van der Waals surface area contributed by atoms with Crippen LogP contribution in [-0.2, 0) is 19.6 Å². The number of rotatable bonds is 6. The Morgan fingerprint density at radius 1 is 1.04 bits per heavy atom. The number of benzene rings is 1. The molecule has 138 valence electrons. The second-order valence-electron chi connectivity index (χ2n) is 5.91. The van der Waals surface area contributed by atoms with Crippen molar-refractivity contribution in [2.24, 2.45) is 0 Å². The van der Waals surface area contributed by atoms with Crippen LogP contribution in [-0.4, -0.2) is 30.4 Å². The first-order valence-corrected chi connectivity index (χ1v) is 9.35. The highest BCUT2D eigenvalue weighted by Crippen LogP contribution is 2.18. The summed E-state index contributed by atoms with van der Waals surface area (Å²) in [4.78, 5) is 23.7. The van der Waals surface area contributed by atoms with Crippen LogP contribution in [0.5, 0.6) is 0 Å². The Kier molecular flexibility index (Phi) is 6.04. The normalized spacial score (nSPS) is 12.3. The van der Waals surface area contributed by atoms with Gasteiger partial charge in [0.1, 0.15) is 0 Å². The zero-order valence-electron chi connectivity index (χ0n) is 14.7. The van der Waals surface area contributed by atoms with Crippen molar-refractivity contribution in [3.05, 3.63) is 53.2 Å². The predicted octanol–water partition coefficient (Wildman–Crippen LogP) is 1.17. The molecule has 2 N–H and O–H groups in total. The number of hydrogen-bond donors (Lipinski definition) is 2. The fraction of sp³-hybridized carbons (Fsp3) is 0.294. The molecule has 1 aromatic heterocycles. The molecule has 0 aliphatic rings. The molecular formula is C17H20N4O4S. The summed E-state index contributed by atoms with van der Waals surface area (Å²) in [7, 11) is -4.13. The first kappa shape index (κ1) is 19.5. The number of sulfonamides is 1. The van der Waals surface area contributed by atoms with Crippen molar-refractivity contribution < 1.29 is 18.0 Å². The molecule has 0 aliphatic carbocycles. The number of aromatic nitrogens is 2. The molecule has 0 bridgehead atoms. The Morgan fingerprint density at radius 3 is 2.23 bits per heavy atom. The van der Waals surface area contributed by atoms with Gasteiger partial charge in [0.2, 0.25) is 11.8 Å². The van der Waals surface area contributed by atoms with Gasteiger partial charge >= 0.3 is 0 Å². The van der Waals surface area contributed by atoms with Gasteiger partial charge in [0, 0.05) is 6.92 Å². The molecular weight excluding hydrogens is 356 g/mol. The smallest absolute Gasteiger partial charge is 0.283 e. The van der Waals surface area contributed by atoms with Gasteiger partial charge in [-0.3, -0.25) is 9.59 Å². The fourth-order valence-corrected chi connectivity index (χ4v) is 3.14. The Bertz CT molecular complexity index is 893. The topological polar surface area (TPSA) is 118 Å². The van der Waals surface area contributed by atoms with Crippen molar-refractivity contribution in [3.8, 4) is 0 Å². The van der Waals surface area contributed by atoms with E-state index in [1.165, 1.54) is 19.1 Å². The molecule has 0 aliphatic heterocycles. The summed E-state index contributed by atoms with van der Waals surface area (Å²) in [5, 5.41) is 9.56. The molecule has 1 atom stereocenters. The molecule has 0 radical (unpaired) electrons. The molecule has 2 aromatic rings. The van der Waals surface area contributed by atoms with Crippen molar-refractivity contribution in [2.45, 2.75) is 38.3 Å². The molecule has 9 heteroatoms. The van der Waals surface area contributed by atoms with Crippen LogP contribution in [0.25, 0.3) is 0 Å². The third kappa shape index (κ3) is 5.35. The van der Waals surface area contributed by atoms with Gasteiger partial charge in [-0.1, -0.05) is 29.8 Å². The number of hydrogen-bond acceptors (Lipinski definition) is 6. The quantitative estimate of drug-likeness (QED) is 0.781. The lowest BCUT2D eigenvalue weighted by Gasteiger charge is -2.18. The van der Waals surface area contributed by atoms with Crippen LogP contribution in [0.15, 0.2) is 41.4 Å². The summed E-state index contributed by atoms with van der Waals surface area (Å²) in [6, 6.07) is 9.36. The molecule has 1 heterocycles. The summed E-state index contributed by atoms with van der Waals surface area (Å²) in [5.41, 5.74) is 2.29. The molecule has 26 heavy (non-hydrogen) atoms. The number of aryl methyl sites for hydroxylation is 2. The second kappa shape index (κ2) is 8.05. The van der Waals surface area contributed by atoms with E-state index in [0.717, 1.165) is 5.56 Å². The molecule has 8 nitrogen and oxygen atoms in total. The van der Waals surface area contributed by atoms with Crippen molar-refractivity contribution in [3.63, 3.8) is 0 Å². The average Bonchev–Trinajstić information content (AvgIpc) is 2.54. The minimum absolute atomic E-state index is 0.235. The third-order valence-electron chi connectivity index (χ3n) is 3.54. The van der Waals surface area contributed by atoms with Crippen LogP contribution < -0.4 is 10.0 Å². The lowest BCUT2D eigenvalue weighted by atomic mass is 10.0. The van der Waals surface area contributed by atoms with E-state index in [0.29, 0.717) is 11.3 Å². The van der Waals surface area contributed by atoms with E-state index in [4.69, 9.17) is 0 Å². The Balaban J connectivity index is 2.14. The predicted molar refractivity (Wildman–Crippen MR) is 94.5 cm³/mol. The van der Waals surface area contributed by atoms with E-state index in [2.05, 4.69) is 15.5 Å². The van der Waals surface area contributed by atoms with E-state index in [1.54, 1.807) is 19.1 Å². The minimum atomic E-state index is -4.13. The van der Waals surface area contributed by atoms with Crippen molar-refractivity contribution in [1.29, 1.82) is 0 Å². The van der Waals surface area contributed by atoms with Crippen molar-refractivity contribution in [2.75, 3.05) is 0 Å². The first-order chi connectivity index (χ1) is 12.2. The second-order valence-corrected chi connectivity index (χ2v) is 7.54. The fourth-order valence-electron chi connectivity index (χ4n) is 2.26. The van der Waals surface area contributed by atoms with Gasteiger partial charge in [-0.25, -0.2) is 4.72 Å². The molecule has 2 rings (SSSR count). The van der Waals surface area contributed by atoms with E-state index in [1.807, 2.05) is 23.8 Å². The lowest BCUT2D eigenvalue weighted by molar-refractivity contribution is -0.121. The lowest BCUT2D eigenvalue weighted by Crippen LogP contribution is -2.36. The number of amides is 2. The molecule has 0 saturated carbocycles. The Morgan fingerprint density at radius 2 is 1.69 bits per heavy atom. The zero-order chi connectivity index (χ0) is 19.3. The molecule has 0 saturated heterocycles. The Labute approximate surface area is 152 Å². The number of carbonyl (C=O) groups is 2. The minimum Gasteiger partial charge on any atom is -0.349 e. The van der Waals surface area contributed by atoms with Crippen LogP contribution in [0.2, 0.25) is 0 Å². The van der Waals surface area contributed by atoms with Gasteiger partial charge < -0.3 is 5.32 Å². The Hall–Kier alpha value is -2.81. The molecule has 0 spiro atoms. The largest absolute Gasteiger partial charge is 0.349 e. The number of nitrogens with one attached hydrogen (secondary N) is 2. The van der Waals surface area contributed by atoms with E-state index in [-0.39, 0.29) is 17.4 Å². The van der Waals surface area contributed by atoms with E-state index >= 15 is 0 Å². The van der Waals surface area contributed by atoms with Crippen LogP contribution in [0, 0.1) is 13.8 Å². The van der Waals surface area contributed by atoms with Gasteiger partial charge in [0.05, 0.1) is 18.2 Å². The van der Waals surface area contributed by atoms with Gasteiger partial charge in [-0.15, -0.1) is 5.10 Å². The number of nitrogens with zero attached hydrogens (tertiary/aromatic N) is 2. The SMILES string of the molecule is CC(=O)NC(CC(=O)NS(=O)(=O)c1ccc(C)nn1)c1ccc(C)cc1. The van der Waals surface area contributed by atoms with Gasteiger partial charge in [-0.2, -0.15) is 13.5 Å². The monoisotopic (exact) mass is 376 g/mol. The highest BCUT2D eigenvalue weighted by atomic mass is 32.2. The molecule has 2 amide bonds. The summed E-state index contributed by atoms with van der Waals surface area (Å²) >= 11 is 0. The highest BCUT2D eigenvalue weighted by molar-refractivity contribution is 7.90. The summed E-state index contributed by atoms with van der Waals surface area (Å²) in [6.07, 6.45) is -0.235. The van der Waals surface area contributed by atoms with Crippen LogP contribution in [0.4, 0.5) is 0 Å². The van der Waals surface area contributed by atoms with Crippen molar-refractivity contribution in [1.82, 2.24) is 20.2 Å². The molecule has 1 unspecified atom stereocenters. The first-order valence-electron chi connectivity index (χ1n) is 7.87. The van der Waals surface area contributed by atoms with E-state index < -0.39 is 22.0 Å². The van der Waals surface area contributed by atoms with Crippen LogP contribution >= 0.6 is 0 Å². The summed E-state index contributed by atoms with van der Waals surface area (Å²) < 4.78 is 26.4. The zero-order valence-corrected chi connectivity index (χ0v) is 15.5. The molecule has 1 aromatic carbocycles. The maximum absolute atomic E-state index is 12.2. The van der Waals surface area contributed by atoms with Crippen LogP contribution in [0.3, 0.4) is 0 Å². The summed E-state index contributed by atoms with van der Waals surface area (Å²) in [5.74, 6) is -1.08. The van der Waals surface area contributed by atoms with Gasteiger partial charge in [-0.05, 0) is 31.5 Å². The molecule has 0 fully saturated rings. The third-order valence-corrected chi connectivity index (χ3v) is 4.81. The highest BCUT2D eigenvalue weighted by Gasteiger charge is 2.23. The van der Waals surface area contributed by atoms with Gasteiger partial charge in [0.15, 0.2) is 5.03 Å². The van der Waals surface area contributed by atoms with Crippen LogP contribution in [0.1, 0.15) is 36.2 Å². The van der Waals surface area contributed by atoms with Crippen molar-refractivity contribution >= 4 is 21.8 Å². The average molecular weight is 376 g/mol. The summed E-state index contributed by atoms with van der Waals surface area (Å²) in [6.45, 7) is 4.92. The van der Waals surface area contributed by atoms with E-state index in [9.17, 15) is 18.0 Å². The maximum atomic E-state index is 12.2. The maximum Gasteiger partial charge on any atom is 0.283 e. The number of carbonyl (C=O) groups excluding carboxylic acids is 2.